The van der Waals surface area contributed by atoms with Gasteiger partial charge < -0.3 is 10.6 Å². The Kier molecular flexibility index (Phi) is 5.82. The molecule has 1 saturated carbocycles. The number of carbonyl (C=O) groups excluding carboxylic acids is 1. The smallest absolute Gasteiger partial charge is 0.221 e. The van der Waals surface area contributed by atoms with Gasteiger partial charge >= 0.3 is 0 Å². The van der Waals surface area contributed by atoms with E-state index in [-0.39, 0.29) is 5.91 Å². The second kappa shape index (κ2) is 7.41. The molecule has 3 nitrogen and oxygen atoms in total. The van der Waals surface area contributed by atoms with E-state index in [1.807, 2.05) is 11.4 Å². The molecule has 3 unspecified atom stereocenters. The summed E-state index contributed by atoms with van der Waals surface area (Å²) in [6.07, 6.45) is 3.96. The number of hydrogen-bond acceptors (Lipinski definition) is 3. The Morgan fingerprint density at radius 2 is 2.19 bits per heavy atom. The number of carbonyl (C=O) groups is 1. The summed E-state index contributed by atoms with van der Waals surface area (Å²) in [6, 6.07) is 2.59. The van der Waals surface area contributed by atoms with Gasteiger partial charge in [0.25, 0.3) is 0 Å². The van der Waals surface area contributed by atoms with Crippen molar-refractivity contribution in [3.63, 3.8) is 0 Å². The lowest BCUT2D eigenvalue weighted by Gasteiger charge is -2.38. The van der Waals surface area contributed by atoms with Crippen LogP contribution < -0.4 is 10.6 Å². The van der Waals surface area contributed by atoms with E-state index in [0.29, 0.717) is 6.04 Å². The molecule has 1 aliphatic rings. The lowest BCUT2D eigenvalue weighted by atomic mass is 9.74. The lowest BCUT2D eigenvalue weighted by Crippen LogP contribution is -2.42. The van der Waals surface area contributed by atoms with Gasteiger partial charge in [0.15, 0.2) is 0 Å². The second-order valence-electron chi connectivity index (χ2n) is 6.75. The molecule has 21 heavy (non-hydrogen) atoms. The first-order chi connectivity index (χ1) is 9.97. The fraction of sp³-hybridized carbons (Fsp3) is 0.706. The predicted molar refractivity (Wildman–Crippen MR) is 90.6 cm³/mol. The summed E-state index contributed by atoms with van der Waals surface area (Å²) in [7, 11) is 0. The van der Waals surface area contributed by atoms with Crippen LogP contribution in [0.3, 0.4) is 0 Å². The van der Waals surface area contributed by atoms with Gasteiger partial charge in [-0.2, -0.15) is 0 Å². The maximum Gasteiger partial charge on any atom is 0.221 e. The quantitative estimate of drug-likeness (QED) is 0.853. The fourth-order valence-electron chi connectivity index (χ4n) is 3.44. The van der Waals surface area contributed by atoms with Crippen molar-refractivity contribution in [2.45, 2.75) is 59.5 Å². The topological polar surface area (TPSA) is 41.1 Å². The summed E-state index contributed by atoms with van der Waals surface area (Å²) in [5, 5.41) is 8.72. The maximum absolute atomic E-state index is 11.2. The molecule has 118 valence electrons. The Hall–Kier alpha value is -0.870. The highest BCUT2D eigenvalue weighted by Crippen LogP contribution is 2.34. The van der Waals surface area contributed by atoms with Crippen LogP contribution in [-0.4, -0.2) is 11.9 Å². The predicted octanol–water partition coefficient (Wildman–Crippen LogP) is 4.26. The largest absolute Gasteiger partial charge is 0.325 e. The van der Waals surface area contributed by atoms with E-state index < -0.39 is 0 Å². The molecule has 0 radical (unpaired) electrons. The van der Waals surface area contributed by atoms with Gasteiger partial charge in [0.1, 0.15) is 0 Å². The summed E-state index contributed by atoms with van der Waals surface area (Å²) in [4.78, 5) is 12.5. The molecule has 1 amide bonds. The molecule has 2 rings (SSSR count). The van der Waals surface area contributed by atoms with Gasteiger partial charge in [-0.05, 0) is 42.0 Å². The third kappa shape index (κ3) is 4.55. The fourth-order valence-corrected chi connectivity index (χ4v) is 4.22. The van der Waals surface area contributed by atoms with E-state index in [4.69, 9.17) is 0 Å². The molecule has 2 N–H and O–H groups in total. The minimum atomic E-state index is 0.000922. The van der Waals surface area contributed by atoms with Crippen molar-refractivity contribution in [1.29, 1.82) is 0 Å². The Labute approximate surface area is 132 Å². The van der Waals surface area contributed by atoms with Gasteiger partial charge in [-0.3, -0.25) is 4.79 Å². The molecule has 0 spiro atoms. The zero-order chi connectivity index (χ0) is 15.4. The van der Waals surface area contributed by atoms with Gasteiger partial charge in [-0.1, -0.05) is 27.2 Å². The number of rotatable bonds is 5. The first-order valence-electron chi connectivity index (χ1n) is 8.04. The van der Waals surface area contributed by atoms with Gasteiger partial charge in [0, 0.05) is 24.4 Å². The highest BCUT2D eigenvalue weighted by Gasteiger charge is 2.30. The molecule has 0 aromatic carbocycles. The number of hydrogen-bond donors (Lipinski definition) is 2. The van der Waals surface area contributed by atoms with Gasteiger partial charge in [0.2, 0.25) is 5.91 Å². The zero-order valence-electron chi connectivity index (χ0n) is 13.6. The van der Waals surface area contributed by atoms with Crippen LogP contribution in [0.15, 0.2) is 11.4 Å². The minimum absolute atomic E-state index is 0.000922. The molecule has 1 aromatic heterocycles. The summed E-state index contributed by atoms with van der Waals surface area (Å²) >= 11 is 1.71. The molecule has 1 heterocycles. The molecule has 0 aliphatic heterocycles. The van der Waals surface area contributed by atoms with Crippen molar-refractivity contribution in [1.82, 2.24) is 5.32 Å². The van der Waals surface area contributed by atoms with Crippen LogP contribution in [-0.2, 0) is 11.3 Å². The molecule has 4 heteroatoms. The van der Waals surface area contributed by atoms with E-state index in [2.05, 4.69) is 31.4 Å². The van der Waals surface area contributed by atoms with Crippen LogP contribution in [0.4, 0.5) is 5.69 Å². The number of thiophene rings is 1. The van der Waals surface area contributed by atoms with Gasteiger partial charge in [-0.25, -0.2) is 0 Å². The summed E-state index contributed by atoms with van der Waals surface area (Å²) in [6.45, 7) is 9.45. The highest BCUT2D eigenvalue weighted by molar-refractivity contribution is 7.10. The van der Waals surface area contributed by atoms with Crippen molar-refractivity contribution in [2.75, 3.05) is 5.32 Å². The monoisotopic (exact) mass is 308 g/mol. The van der Waals surface area contributed by atoms with Crippen LogP contribution in [0.5, 0.6) is 0 Å². The average Bonchev–Trinajstić information content (AvgIpc) is 2.82. The molecule has 0 bridgehead atoms. The summed E-state index contributed by atoms with van der Waals surface area (Å²) in [5.41, 5.74) is 0.963. The van der Waals surface area contributed by atoms with Gasteiger partial charge in [-0.15, -0.1) is 11.3 Å². The first-order valence-corrected chi connectivity index (χ1v) is 8.92. The minimum Gasteiger partial charge on any atom is -0.325 e. The Morgan fingerprint density at radius 1 is 1.43 bits per heavy atom. The SMILES string of the molecule is CC(=O)Nc1ccsc1CNC1CC(C)CCC1C(C)C. The third-order valence-corrected chi connectivity index (χ3v) is 5.52. The van der Waals surface area contributed by atoms with Crippen molar-refractivity contribution in [2.24, 2.45) is 17.8 Å². The molecule has 1 fully saturated rings. The molecule has 0 saturated heterocycles. The molecule has 1 aromatic rings. The Balaban J connectivity index is 1.97. The zero-order valence-corrected chi connectivity index (χ0v) is 14.4. The van der Waals surface area contributed by atoms with E-state index in [9.17, 15) is 4.79 Å². The lowest BCUT2D eigenvalue weighted by molar-refractivity contribution is -0.114. The van der Waals surface area contributed by atoms with E-state index in [1.165, 1.54) is 24.1 Å². The number of amides is 1. The molecule has 1 aliphatic carbocycles. The highest BCUT2D eigenvalue weighted by atomic mass is 32.1. The third-order valence-electron chi connectivity index (χ3n) is 4.60. The normalized spacial score (nSPS) is 26.0. The van der Waals surface area contributed by atoms with E-state index >= 15 is 0 Å². The summed E-state index contributed by atoms with van der Waals surface area (Å²) in [5.74, 6) is 2.31. The van der Waals surface area contributed by atoms with Crippen molar-refractivity contribution >= 4 is 22.9 Å². The van der Waals surface area contributed by atoms with Crippen LogP contribution in [0, 0.1) is 17.8 Å². The molecular formula is C17H28N2OS. The average molecular weight is 308 g/mol. The van der Waals surface area contributed by atoms with Crippen molar-refractivity contribution < 1.29 is 4.79 Å². The molecular weight excluding hydrogens is 280 g/mol. The van der Waals surface area contributed by atoms with Crippen molar-refractivity contribution in [3.8, 4) is 0 Å². The van der Waals surface area contributed by atoms with Gasteiger partial charge in [0.05, 0.1) is 5.69 Å². The maximum atomic E-state index is 11.2. The van der Waals surface area contributed by atoms with Crippen LogP contribution in [0.2, 0.25) is 0 Å². The van der Waals surface area contributed by atoms with Crippen LogP contribution in [0.1, 0.15) is 51.8 Å². The number of anilines is 1. The van der Waals surface area contributed by atoms with E-state index in [1.54, 1.807) is 18.3 Å². The van der Waals surface area contributed by atoms with Crippen LogP contribution >= 0.6 is 11.3 Å². The van der Waals surface area contributed by atoms with E-state index in [0.717, 1.165) is 30.0 Å². The van der Waals surface area contributed by atoms with Crippen LogP contribution in [0.25, 0.3) is 0 Å². The first kappa shape index (κ1) is 16.5. The standard InChI is InChI=1S/C17H28N2OS/c1-11(2)14-6-5-12(3)9-16(14)18-10-17-15(7-8-21-17)19-13(4)20/h7-8,11-12,14,16,18H,5-6,9-10H2,1-4H3,(H,19,20). The Bertz CT molecular complexity index is 469. The Morgan fingerprint density at radius 3 is 2.86 bits per heavy atom. The summed E-state index contributed by atoms with van der Waals surface area (Å²) < 4.78 is 0. The second-order valence-corrected chi connectivity index (χ2v) is 7.75. The molecule has 3 atom stereocenters. The number of nitrogens with one attached hydrogen (secondary N) is 2. The van der Waals surface area contributed by atoms with Crippen molar-refractivity contribution in [3.05, 3.63) is 16.3 Å².